The van der Waals surface area contributed by atoms with Crippen LogP contribution in [0.5, 0.6) is 0 Å². The van der Waals surface area contributed by atoms with Crippen molar-refractivity contribution >= 4 is 23.2 Å². The van der Waals surface area contributed by atoms with Crippen molar-refractivity contribution in [2.75, 3.05) is 19.6 Å². The number of fused-ring (bicyclic) bond motifs is 1. The third kappa shape index (κ3) is 4.61. The molecule has 0 fully saturated rings. The second kappa shape index (κ2) is 8.54. The number of aryl methyl sites for hydroxylation is 1. The Hall–Kier alpha value is -2.40. The number of hydrogen-bond donors (Lipinski definition) is 0. The normalized spacial score (nSPS) is 16.3. The van der Waals surface area contributed by atoms with Crippen LogP contribution in [0.15, 0.2) is 48.4 Å². The predicted molar refractivity (Wildman–Crippen MR) is 119 cm³/mol. The molecule has 2 heterocycles. The van der Waals surface area contributed by atoms with E-state index in [9.17, 15) is 9.59 Å². The summed E-state index contributed by atoms with van der Waals surface area (Å²) in [4.78, 5) is 31.1. The molecule has 0 saturated heterocycles. The molecule has 1 aromatic heterocycles. The minimum Gasteiger partial charge on any atom is -0.330 e. The maximum atomic E-state index is 13.4. The van der Waals surface area contributed by atoms with Crippen LogP contribution in [0, 0.1) is 12.3 Å². The van der Waals surface area contributed by atoms with Crippen molar-refractivity contribution in [2.45, 2.75) is 40.2 Å². The molecular formula is C24H30N2O2S. The van der Waals surface area contributed by atoms with E-state index in [1.165, 1.54) is 16.0 Å². The van der Waals surface area contributed by atoms with Crippen molar-refractivity contribution in [1.82, 2.24) is 9.80 Å². The summed E-state index contributed by atoms with van der Waals surface area (Å²) in [5, 5.41) is 2.10. The van der Waals surface area contributed by atoms with Crippen LogP contribution in [0.25, 0.3) is 0 Å². The zero-order valence-electron chi connectivity index (χ0n) is 17.8. The zero-order chi connectivity index (χ0) is 21.2. The molecule has 154 valence electrons. The van der Waals surface area contributed by atoms with Crippen molar-refractivity contribution in [3.63, 3.8) is 0 Å². The Morgan fingerprint density at radius 1 is 1.24 bits per heavy atom. The smallest absolute Gasteiger partial charge is 0.243 e. The monoisotopic (exact) mass is 410 g/mol. The maximum Gasteiger partial charge on any atom is 0.243 e. The van der Waals surface area contributed by atoms with E-state index >= 15 is 0 Å². The molecule has 2 amide bonds. The number of carbonyl (C=O) groups is 2. The van der Waals surface area contributed by atoms with E-state index in [4.69, 9.17) is 0 Å². The van der Waals surface area contributed by atoms with Crippen molar-refractivity contribution < 1.29 is 9.59 Å². The molecule has 1 atom stereocenters. The lowest BCUT2D eigenvalue weighted by Crippen LogP contribution is -2.49. The van der Waals surface area contributed by atoms with Crippen LogP contribution in [0.3, 0.4) is 0 Å². The zero-order valence-corrected chi connectivity index (χ0v) is 18.6. The van der Waals surface area contributed by atoms with Gasteiger partial charge in [-0.15, -0.1) is 17.9 Å². The fraction of sp³-hybridized carbons (Fsp3) is 0.417. The topological polar surface area (TPSA) is 40.6 Å². The van der Waals surface area contributed by atoms with Crippen LogP contribution < -0.4 is 0 Å². The van der Waals surface area contributed by atoms with Gasteiger partial charge < -0.3 is 9.80 Å². The van der Waals surface area contributed by atoms with Gasteiger partial charge in [0, 0.05) is 23.4 Å². The highest BCUT2D eigenvalue weighted by Crippen LogP contribution is 2.38. The Labute approximate surface area is 177 Å². The van der Waals surface area contributed by atoms with E-state index < -0.39 is 5.41 Å². The number of amides is 2. The molecule has 0 bridgehead atoms. The summed E-state index contributed by atoms with van der Waals surface area (Å²) >= 11 is 1.76. The first-order valence-electron chi connectivity index (χ1n) is 10.0. The third-order valence-corrected chi connectivity index (χ3v) is 6.28. The van der Waals surface area contributed by atoms with Crippen LogP contribution in [0.1, 0.15) is 48.4 Å². The molecule has 0 saturated carbocycles. The van der Waals surface area contributed by atoms with E-state index in [0.29, 0.717) is 13.1 Å². The second-order valence-corrected chi connectivity index (χ2v) is 9.67. The van der Waals surface area contributed by atoms with Crippen LogP contribution in [-0.2, 0) is 16.0 Å². The number of thiophene rings is 1. The molecule has 0 spiro atoms. The van der Waals surface area contributed by atoms with Crippen molar-refractivity contribution in [2.24, 2.45) is 5.41 Å². The third-order valence-electron chi connectivity index (χ3n) is 5.28. The maximum absolute atomic E-state index is 13.4. The van der Waals surface area contributed by atoms with Gasteiger partial charge in [0.1, 0.15) is 6.54 Å². The quantitative estimate of drug-likeness (QED) is 0.677. The van der Waals surface area contributed by atoms with E-state index in [-0.39, 0.29) is 24.4 Å². The Balaban J connectivity index is 1.90. The van der Waals surface area contributed by atoms with E-state index in [0.717, 1.165) is 12.0 Å². The van der Waals surface area contributed by atoms with Gasteiger partial charge in [0.2, 0.25) is 11.8 Å². The SMILES string of the molecule is C=CCN(CC(=O)N1CCc2sccc2[C@H]1c1ccc(C)cc1)C(=O)C(C)(C)C. The van der Waals surface area contributed by atoms with Crippen LogP contribution in [0.4, 0.5) is 0 Å². The number of benzene rings is 1. The fourth-order valence-corrected chi connectivity index (χ4v) is 4.70. The molecule has 0 aliphatic carbocycles. The summed E-state index contributed by atoms with van der Waals surface area (Å²) in [5.74, 6) is -0.0576. The van der Waals surface area contributed by atoms with Gasteiger partial charge >= 0.3 is 0 Å². The van der Waals surface area contributed by atoms with Crippen LogP contribution >= 0.6 is 11.3 Å². The van der Waals surface area contributed by atoms with Crippen LogP contribution in [0.2, 0.25) is 0 Å². The van der Waals surface area contributed by atoms with Crippen molar-refractivity contribution in [1.29, 1.82) is 0 Å². The van der Waals surface area contributed by atoms with Gasteiger partial charge in [0.25, 0.3) is 0 Å². The molecular weight excluding hydrogens is 380 g/mol. The van der Waals surface area contributed by atoms with Gasteiger partial charge in [-0.3, -0.25) is 9.59 Å². The first-order chi connectivity index (χ1) is 13.7. The van der Waals surface area contributed by atoms with Gasteiger partial charge in [0.05, 0.1) is 6.04 Å². The minimum absolute atomic E-state index is 0.0214. The summed E-state index contributed by atoms with van der Waals surface area (Å²) < 4.78 is 0. The molecule has 1 aliphatic heterocycles. The summed E-state index contributed by atoms with van der Waals surface area (Å²) in [7, 11) is 0. The van der Waals surface area contributed by atoms with E-state index in [1.54, 1.807) is 22.3 Å². The highest BCUT2D eigenvalue weighted by atomic mass is 32.1. The number of hydrogen-bond acceptors (Lipinski definition) is 3. The average molecular weight is 411 g/mol. The number of nitrogens with zero attached hydrogens (tertiary/aromatic N) is 2. The van der Waals surface area contributed by atoms with Gasteiger partial charge in [-0.05, 0) is 35.9 Å². The molecule has 29 heavy (non-hydrogen) atoms. The minimum atomic E-state index is -0.540. The summed E-state index contributed by atoms with van der Waals surface area (Å²) in [6, 6.07) is 10.4. The summed E-state index contributed by atoms with van der Waals surface area (Å²) in [6.07, 6.45) is 2.54. The molecule has 0 N–H and O–H groups in total. The molecule has 4 nitrogen and oxygen atoms in total. The predicted octanol–water partition coefficient (Wildman–Crippen LogP) is 4.59. The molecule has 2 aromatic rings. The van der Waals surface area contributed by atoms with Gasteiger partial charge in [-0.2, -0.15) is 0 Å². The highest BCUT2D eigenvalue weighted by Gasteiger charge is 2.35. The van der Waals surface area contributed by atoms with Crippen molar-refractivity contribution in [3.05, 3.63) is 69.9 Å². The van der Waals surface area contributed by atoms with E-state index in [2.05, 4.69) is 49.2 Å². The number of carbonyl (C=O) groups excluding carboxylic acids is 2. The molecule has 5 heteroatoms. The van der Waals surface area contributed by atoms with Gasteiger partial charge in [-0.1, -0.05) is 56.7 Å². The van der Waals surface area contributed by atoms with Crippen LogP contribution in [-0.4, -0.2) is 41.2 Å². The second-order valence-electron chi connectivity index (χ2n) is 8.67. The molecule has 1 aromatic carbocycles. The lowest BCUT2D eigenvalue weighted by Gasteiger charge is -2.38. The van der Waals surface area contributed by atoms with Crippen molar-refractivity contribution in [3.8, 4) is 0 Å². The molecule has 0 radical (unpaired) electrons. The Morgan fingerprint density at radius 2 is 1.93 bits per heavy atom. The lowest BCUT2D eigenvalue weighted by atomic mass is 9.92. The largest absolute Gasteiger partial charge is 0.330 e. The fourth-order valence-electron chi connectivity index (χ4n) is 3.80. The highest BCUT2D eigenvalue weighted by molar-refractivity contribution is 7.10. The average Bonchev–Trinajstić information content (AvgIpc) is 3.15. The van der Waals surface area contributed by atoms with E-state index in [1.807, 2.05) is 25.7 Å². The van der Waals surface area contributed by atoms with Gasteiger partial charge in [-0.25, -0.2) is 0 Å². The molecule has 1 aliphatic rings. The standard InChI is InChI=1S/C24H30N2O2S/c1-6-13-25(23(28)24(3,4)5)16-21(27)26-14-11-20-19(12-15-29-20)22(26)18-9-7-17(2)8-10-18/h6-10,12,15,22H,1,11,13-14,16H2,2-5H3/t22-/m1/s1. The lowest BCUT2D eigenvalue weighted by molar-refractivity contribution is -0.145. The summed E-state index contributed by atoms with van der Waals surface area (Å²) in [6.45, 7) is 12.6. The molecule has 0 unspecified atom stereocenters. The Kier molecular flexibility index (Phi) is 6.27. The first-order valence-corrected chi connectivity index (χ1v) is 10.9. The Morgan fingerprint density at radius 3 is 2.55 bits per heavy atom. The molecule has 3 rings (SSSR count). The summed E-state index contributed by atoms with van der Waals surface area (Å²) in [5.41, 5.74) is 2.97. The van der Waals surface area contributed by atoms with Gasteiger partial charge in [0.15, 0.2) is 0 Å². The number of rotatable bonds is 5. The Bertz CT molecular complexity index is 892. The first kappa shape index (κ1) is 21.3.